The van der Waals surface area contributed by atoms with Gasteiger partial charge in [-0.2, -0.15) is 0 Å². The second kappa shape index (κ2) is 4.97. The van der Waals surface area contributed by atoms with Gasteiger partial charge in [-0.3, -0.25) is 0 Å². The van der Waals surface area contributed by atoms with E-state index in [4.69, 9.17) is 0 Å². The summed E-state index contributed by atoms with van der Waals surface area (Å²) < 4.78 is 14.2. The number of benzene rings is 2. The van der Waals surface area contributed by atoms with Crippen LogP contribution in [0.1, 0.15) is 17.0 Å². The number of halogens is 2. The molecule has 2 aromatic carbocycles. The molecule has 1 fully saturated rings. The molecule has 3 heteroatoms. The highest BCUT2D eigenvalue weighted by Crippen LogP contribution is 2.35. The van der Waals surface area contributed by atoms with Crippen LogP contribution in [0.25, 0.3) is 0 Å². The molecule has 0 bridgehead atoms. The van der Waals surface area contributed by atoms with Crippen molar-refractivity contribution in [2.75, 3.05) is 18.0 Å². The quantitative estimate of drug-likeness (QED) is 0.787. The molecule has 19 heavy (non-hydrogen) atoms. The van der Waals surface area contributed by atoms with E-state index < -0.39 is 0 Å². The highest BCUT2D eigenvalue weighted by Gasteiger charge is 2.29. The van der Waals surface area contributed by atoms with Crippen LogP contribution >= 0.6 is 15.9 Å². The second-order valence-corrected chi connectivity index (χ2v) is 5.92. The Morgan fingerprint density at radius 1 is 1.16 bits per heavy atom. The zero-order valence-corrected chi connectivity index (χ0v) is 12.3. The summed E-state index contributed by atoms with van der Waals surface area (Å²) in [4.78, 5) is 2.24. The van der Waals surface area contributed by atoms with Crippen molar-refractivity contribution in [3.63, 3.8) is 0 Å². The van der Waals surface area contributed by atoms with E-state index in [-0.39, 0.29) is 5.82 Å². The molecule has 0 amide bonds. The largest absolute Gasteiger partial charge is 0.370 e. The summed E-state index contributed by atoms with van der Waals surface area (Å²) in [6.07, 6.45) is 0. The van der Waals surface area contributed by atoms with E-state index in [1.807, 2.05) is 19.1 Å². The SMILES string of the molecule is Cc1cc(Br)c(F)cc1N1CC(c2ccccc2)C1. The molecule has 0 radical (unpaired) electrons. The molecule has 2 aromatic rings. The lowest BCUT2D eigenvalue weighted by Crippen LogP contribution is -2.45. The normalized spacial score (nSPS) is 15.4. The van der Waals surface area contributed by atoms with Gasteiger partial charge in [0.2, 0.25) is 0 Å². The van der Waals surface area contributed by atoms with Crippen molar-refractivity contribution in [3.05, 3.63) is 63.9 Å². The predicted octanol–water partition coefficient (Wildman–Crippen LogP) is 4.50. The third-order valence-electron chi connectivity index (χ3n) is 3.73. The van der Waals surface area contributed by atoms with Crippen molar-refractivity contribution in [2.24, 2.45) is 0 Å². The van der Waals surface area contributed by atoms with Crippen LogP contribution in [0, 0.1) is 12.7 Å². The average Bonchev–Trinajstić information content (AvgIpc) is 2.35. The molecule has 98 valence electrons. The Kier molecular flexibility index (Phi) is 3.31. The first-order chi connectivity index (χ1) is 9.15. The molecule has 1 nitrogen and oxygen atoms in total. The molecule has 1 aliphatic heterocycles. The van der Waals surface area contributed by atoms with Crippen molar-refractivity contribution < 1.29 is 4.39 Å². The molecule has 1 saturated heterocycles. The van der Waals surface area contributed by atoms with Crippen LogP contribution in [0.3, 0.4) is 0 Å². The van der Waals surface area contributed by atoms with E-state index in [2.05, 4.69) is 45.1 Å². The molecule has 0 saturated carbocycles. The fourth-order valence-electron chi connectivity index (χ4n) is 2.59. The van der Waals surface area contributed by atoms with Gasteiger partial charge in [0.05, 0.1) is 4.47 Å². The smallest absolute Gasteiger partial charge is 0.139 e. The summed E-state index contributed by atoms with van der Waals surface area (Å²) in [7, 11) is 0. The fourth-order valence-corrected chi connectivity index (χ4v) is 3.05. The maximum absolute atomic E-state index is 13.6. The van der Waals surface area contributed by atoms with Gasteiger partial charge in [-0.1, -0.05) is 30.3 Å². The van der Waals surface area contributed by atoms with Crippen molar-refractivity contribution in [1.29, 1.82) is 0 Å². The predicted molar refractivity (Wildman–Crippen MR) is 80.2 cm³/mol. The molecule has 0 aliphatic carbocycles. The summed E-state index contributed by atoms with van der Waals surface area (Å²) in [6, 6.07) is 14.0. The minimum atomic E-state index is -0.191. The Hall–Kier alpha value is -1.35. The third kappa shape index (κ3) is 2.39. The second-order valence-electron chi connectivity index (χ2n) is 5.07. The van der Waals surface area contributed by atoms with Gasteiger partial charge in [0.25, 0.3) is 0 Å². The number of rotatable bonds is 2. The molecule has 1 aliphatic rings. The molecule has 1 heterocycles. The number of hydrogen-bond donors (Lipinski definition) is 0. The number of hydrogen-bond acceptors (Lipinski definition) is 1. The standard InChI is InChI=1S/C16H15BrFN/c1-11-7-14(17)15(18)8-16(11)19-9-13(10-19)12-5-3-2-4-6-12/h2-8,13H,9-10H2,1H3. The monoisotopic (exact) mass is 319 g/mol. The van der Waals surface area contributed by atoms with Gasteiger partial charge >= 0.3 is 0 Å². The number of anilines is 1. The summed E-state index contributed by atoms with van der Waals surface area (Å²) in [5, 5.41) is 0. The lowest BCUT2D eigenvalue weighted by Gasteiger charge is -2.42. The first-order valence-electron chi connectivity index (χ1n) is 6.40. The van der Waals surface area contributed by atoms with E-state index in [9.17, 15) is 4.39 Å². The Morgan fingerprint density at radius 2 is 1.84 bits per heavy atom. The fraction of sp³-hybridized carbons (Fsp3) is 0.250. The maximum Gasteiger partial charge on any atom is 0.139 e. The van der Waals surface area contributed by atoms with Gasteiger partial charge in [-0.05, 0) is 46.1 Å². The van der Waals surface area contributed by atoms with Gasteiger partial charge in [0, 0.05) is 24.7 Å². The number of aryl methyl sites for hydroxylation is 1. The minimum Gasteiger partial charge on any atom is -0.370 e. The summed E-state index contributed by atoms with van der Waals surface area (Å²) in [5.41, 5.74) is 3.49. The molecular weight excluding hydrogens is 305 g/mol. The first kappa shape index (κ1) is 12.7. The van der Waals surface area contributed by atoms with Crippen LogP contribution in [0.2, 0.25) is 0 Å². The third-order valence-corrected chi connectivity index (χ3v) is 4.34. The summed E-state index contributed by atoms with van der Waals surface area (Å²) in [6.45, 7) is 3.95. The summed E-state index contributed by atoms with van der Waals surface area (Å²) in [5.74, 6) is 0.371. The van der Waals surface area contributed by atoms with E-state index in [0.717, 1.165) is 24.3 Å². The van der Waals surface area contributed by atoms with Crippen LogP contribution in [-0.4, -0.2) is 13.1 Å². The van der Waals surface area contributed by atoms with Crippen LogP contribution in [0.5, 0.6) is 0 Å². The zero-order chi connectivity index (χ0) is 13.4. The highest BCUT2D eigenvalue weighted by atomic mass is 79.9. The number of nitrogens with zero attached hydrogens (tertiary/aromatic N) is 1. The van der Waals surface area contributed by atoms with Crippen molar-refractivity contribution in [1.82, 2.24) is 0 Å². The molecule has 3 rings (SSSR count). The van der Waals surface area contributed by atoms with Gasteiger partial charge in [0.1, 0.15) is 5.82 Å². The Bertz CT molecular complexity index is 591. The van der Waals surface area contributed by atoms with Crippen LogP contribution < -0.4 is 4.90 Å². The molecule has 0 aromatic heterocycles. The van der Waals surface area contributed by atoms with E-state index in [0.29, 0.717) is 10.4 Å². The zero-order valence-electron chi connectivity index (χ0n) is 10.7. The van der Waals surface area contributed by atoms with E-state index >= 15 is 0 Å². The van der Waals surface area contributed by atoms with Crippen LogP contribution in [0.15, 0.2) is 46.9 Å². The molecule has 0 spiro atoms. The molecule has 0 atom stereocenters. The van der Waals surface area contributed by atoms with Crippen LogP contribution in [0.4, 0.5) is 10.1 Å². The molecular formula is C16H15BrFN. The minimum absolute atomic E-state index is 0.191. The Balaban J connectivity index is 1.76. The average molecular weight is 320 g/mol. The molecule has 0 unspecified atom stereocenters. The Morgan fingerprint density at radius 3 is 2.53 bits per heavy atom. The summed E-state index contributed by atoms with van der Waals surface area (Å²) >= 11 is 3.22. The van der Waals surface area contributed by atoms with E-state index in [1.54, 1.807) is 6.07 Å². The topological polar surface area (TPSA) is 3.24 Å². The van der Waals surface area contributed by atoms with Crippen molar-refractivity contribution >= 4 is 21.6 Å². The van der Waals surface area contributed by atoms with Gasteiger partial charge in [-0.15, -0.1) is 0 Å². The Labute approximate surface area is 121 Å². The van der Waals surface area contributed by atoms with E-state index in [1.165, 1.54) is 5.56 Å². The van der Waals surface area contributed by atoms with Gasteiger partial charge in [0.15, 0.2) is 0 Å². The maximum atomic E-state index is 13.6. The molecule has 0 N–H and O–H groups in total. The first-order valence-corrected chi connectivity index (χ1v) is 7.20. The van der Waals surface area contributed by atoms with Crippen molar-refractivity contribution in [3.8, 4) is 0 Å². The van der Waals surface area contributed by atoms with Gasteiger partial charge in [-0.25, -0.2) is 4.39 Å². The van der Waals surface area contributed by atoms with Crippen molar-refractivity contribution in [2.45, 2.75) is 12.8 Å². The van der Waals surface area contributed by atoms with Gasteiger partial charge < -0.3 is 4.90 Å². The lowest BCUT2D eigenvalue weighted by atomic mass is 9.90. The highest BCUT2D eigenvalue weighted by molar-refractivity contribution is 9.10. The van der Waals surface area contributed by atoms with Crippen LogP contribution in [-0.2, 0) is 0 Å². The lowest BCUT2D eigenvalue weighted by molar-refractivity contribution is 0.521.